The third-order valence-corrected chi connectivity index (χ3v) is 3.53. The fraction of sp³-hybridized carbons (Fsp3) is 0.125. The molecule has 0 aliphatic heterocycles. The van der Waals surface area contributed by atoms with Crippen molar-refractivity contribution in [2.45, 2.75) is 6.54 Å². The predicted octanol–water partition coefficient (Wildman–Crippen LogP) is 0.682. The molecule has 0 saturated carbocycles. The van der Waals surface area contributed by atoms with E-state index in [4.69, 9.17) is 4.74 Å². The van der Waals surface area contributed by atoms with E-state index in [0.717, 1.165) is 16.9 Å². The first kappa shape index (κ1) is 15.3. The molecule has 0 unspecified atom stereocenters. The standard InChI is InChI=1S/C16H16BN3O3/c1-23-14-6-4-12(5-7-14)10-20-11-13(9-19-20)16-15(17(21)22)3-2-8-18-16/h2-9,11,21-22H,10H2,1H3. The lowest BCUT2D eigenvalue weighted by atomic mass is 9.78. The van der Waals surface area contributed by atoms with E-state index in [1.807, 2.05) is 30.5 Å². The second-order valence-electron chi connectivity index (χ2n) is 5.09. The molecule has 0 saturated heterocycles. The number of hydrogen-bond donors (Lipinski definition) is 2. The molecule has 0 bridgehead atoms. The summed E-state index contributed by atoms with van der Waals surface area (Å²) >= 11 is 0. The number of rotatable bonds is 5. The molecule has 0 amide bonds. The minimum atomic E-state index is -1.57. The number of benzene rings is 1. The Kier molecular flexibility index (Phi) is 4.41. The van der Waals surface area contributed by atoms with Gasteiger partial charge >= 0.3 is 7.12 Å². The van der Waals surface area contributed by atoms with E-state index in [-0.39, 0.29) is 0 Å². The van der Waals surface area contributed by atoms with E-state index in [0.29, 0.717) is 17.7 Å². The van der Waals surface area contributed by atoms with Crippen LogP contribution in [-0.2, 0) is 6.54 Å². The van der Waals surface area contributed by atoms with Crippen LogP contribution in [0.5, 0.6) is 5.75 Å². The SMILES string of the molecule is COc1ccc(Cn2cc(-c3ncccc3B(O)O)cn2)cc1. The van der Waals surface area contributed by atoms with Crippen LogP contribution in [0.25, 0.3) is 11.3 Å². The van der Waals surface area contributed by atoms with Gasteiger partial charge in [0.25, 0.3) is 0 Å². The molecule has 7 heteroatoms. The molecule has 0 radical (unpaired) electrons. The fourth-order valence-electron chi connectivity index (χ4n) is 2.36. The van der Waals surface area contributed by atoms with Gasteiger partial charge in [0, 0.05) is 23.4 Å². The van der Waals surface area contributed by atoms with Crippen LogP contribution in [0.15, 0.2) is 55.0 Å². The fourth-order valence-corrected chi connectivity index (χ4v) is 2.36. The third kappa shape index (κ3) is 3.41. The zero-order chi connectivity index (χ0) is 16.2. The largest absolute Gasteiger partial charge is 0.497 e. The van der Waals surface area contributed by atoms with Gasteiger partial charge in [-0.05, 0) is 23.8 Å². The molecule has 3 aromatic rings. The van der Waals surface area contributed by atoms with E-state index in [2.05, 4.69) is 10.1 Å². The van der Waals surface area contributed by atoms with Crippen LogP contribution in [-0.4, -0.2) is 39.0 Å². The Morgan fingerprint density at radius 3 is 2.65 bits per heavy atom. The van der Waals surface area contributed by atoms with Crippen molar-refractivity contribution in [3.8, 4) is 17.0 Å². The number of methoxy groups -OCH3 is 1. The zero-order valence-corrected chi connectivity index (χ0v) is 12.6. The molecular formula is C16H16BN3O3. The van der Waals surface area contributed by atoms with Gasteiger partial charge < -0.3 is 14.8 Å². The van der Waals surface area contributed by atoms with Gasteiger partial charge in [-0.2, -0.15) is 5.10 Å². The maximum absolute atomic E-state index is 9.43. The van der Waals surface area contributed by atoms with Crippen molar-refractivity contribution in [1.82, 2.24) is 14.8 Å². The van der Waals surface area contributed by atoms with E-state index in [9.17, 15) is 10.0 Å². The van der Waals surface area contributed by atoms with Gasteiger partial charge in [0.2, 0.25) is 0 Å². The van der Waals surface area contributed by atoms with Gasteiger partial charge in [0.15, 0.2) is 0 Å². The van der Waals surface area contributed by atoms with Crippen LogP contribution in [0.3, 0.4) is 0 Å². The van der Waals surface area contributed by atoms with E-state index in [1.54, 1.807) is 36.3 Å². The first-order chi connectivity index (χ1) is 11.2. The van der Waals surface area contributed by atoms with Crippen molar-refractivity contribution in [3.63, 3.8) is 0 Å². The van der Waals surface area contributed by atoms with Crippen LogP contribution < -0.4 is 10.2 Å². The van der Waals surface area contributed by atoms with Gasteiger partial charge in [0.05, 0.1) is 25.5 Å². The van der Waals surface area contributed by atoms with Crippen molar-refractivity contribution >= 4 is 12.6 Å². The highest BCUT2D eigenvalue weighted by molar-refractivity contribution is 6.60. The summed E-state index contributed by atoms with van der Waals surface area (Å²) in [7, 11) is 0.0677. The van der Waals surface area contributed by atoms with Crippen molar-refractivity contribution in [2.75, 3.05) is 7.11 Å². The first-order valence-corrected chi connectivity index (χ1v) is 7.14. The maximum Gasteiger partial charge on any atom is 0.490 e. The van der Waals surface area contributed by atoms with Gasteiger partial charge in [-0.1, -0.05) is 18.2 Å². The Bertz CT molecular complexity index is 787. The molecule has 3 rings (SSSR count). The summed E-state index contributed by atoms with van der Waals surface area (Å²) in [6, 6.07) is 11.1. The molecule has 116 valence electrons. The van der Waals surface area contributed by atoms with Crippen LogP contribution >= 0.6 is 0 Å². The average Bonchev–Trinajstić information content (AvgIpc) is 3.04. The second-order valence-corrected chi connectivity index (χ2v) is 5.09. The molecule has 0 fully saturated rings. The smallest absolute Gasteiger partial charge is 0.490 e. The molecule has 0 spiro atoms. The third-order valence-electron chi connectivity index (χ3n) is 3.53. The molecule has 0 aliphatic carbocycles. The van der Waals surface area contributed by atoms with Gasteiger partial charge in [-0.15, -0.1) is 0 Å². The summed E-state index contributed by atoms with van der Waals surface area (Å²) < 4.78 is 6.92. The van der Waals surface area contributed by atoms with Crippen molar-refractivity contribution in [2.24, 2.45) is 0 Å². The summed E-state index contributed by atoms with van der Waals surface area (Å²) in [5, 5.41) is 23.2. The Morgan fingerprint density at radius 1 is 1.17 bits per heavy atom. The molecule has 1 aromatic carbocycles. The number of nitrogens with zero attached hydrogens (tertiary/aromatic N) is 3. The topological polar surface area (TPSA) is 80.4 Å². The van der Waals surface area contributed by atoms with E-state index >= 15 is 0 Å². The van der Waals surface area contributed by atoms with Crippen LogP contribution in [0.4, 0.5) is 0 Å². The molecular weight excluding hydrogens is 293 g/mol. The predicted molar refractivity (Wildman–Crippen MR) is 87.4 cm³/mol. The first-order valence-electron chi connectivity index (χ1n) is 7.14. The highest BCUT2D eigenvalue weighted by Gasteiger charge is 2.18. The molecule has 2 heterocycles. The van der Waals surface area contributed by atoms with Gasteiger partial charge in [0.1, 0.15) is 5.75 Å². The molecule has 23 heavy (non-hydrogen) atoms. The van der Waals surface area contributed by atoms with Crippen molar-refractivity contribution < 1.29 is 14.8 Å². The average molecular weight is 309 g/mol. The van der Waals surface area contributed by atoms with Gasteiger partial charge in [-0.3, -0.25) is 9.67 Å². The summed E-state index contributed by atoms with van der Waals surface area (Å²) in [4.78, 5) is 4.22. The Morgan fingerprint density at radius 2 is 1.96 bits per heavy atom. The summed E-state index contributed by atoms with van der Waals surface area (Å²) in [5.41, 5.74) is 2.70. The lowest BCUT2D eigenvalue weighted by Gasteiger charge is -2.05. The number of pyridine rings is 1. The highest BCUT2D eigenvalue weighted by Crippen LogP contribution is 2.16. The second kappa shape index (κ2) is 6.64. The van der Waals surface area contributed by atoms with Crippen LogP contribution in [0.1, 0.15) is 5.56 Å². The molecule has 6 nitrogen and oxygen atoms in total. The summed E-state index contributed by atoms with van der Waals surface area (Å²) in [6.07, 6.45) is 5.11. The monoisotopic (exact) mass is 309 g/mol. The van der Waals surface area contributed by atoms with Gasteiger partial charge in [-0.25, -0.2) is 0 Å². The lowest BCUT2D eigenvalue weighted by Crippen LogP contribution is -2.32. The minimum Gasteiger partial charge on any atom is -0.497 e. The molecule has 0 atom stereocenters. The quantitative estimate of drug-likeness (QED) is 0.678. The minimum absolute atomic E-state index is 0.358. The van der Waals surface area contributed by atoms with Crippen molar-refractivity contribution in [3.05, 3.63) is 60.6 Å². The maximum atomic E-state index is 9.43. The molecule has 2 aromatic heterocycles. The Balaban J connectivity index is 1.83. The van der Waals surface area contributed by atoms with E-state index < -0.39 is 7.12 Å². The summed E-state index contributed by atoms with van der Waals surface area (Å²) in [5.74, 6) is 0.810. The Hall–Kier alpha value is -2.64. The van der Waals surface area contributed by atoms with Crippen LogP contribution in [0.2, 0.25) is 0 Å². The Labute approximate surface area is 134 Å². The lowest BCUT2D eigenvalue weighted by molar-refractivity contribution is 0.414. The van der Waals surface area contributed by atoms with Crippen molar-refractivity contribution in [1.29, 1.82) is 0 Å². The van der Waals surface area contributed by atoms with E-state index in [1.165, 1.54) is 0 Å². The molecule has 0 aliphatic rings. The zero-order valence-electron chi connectivity index (χ0n) is 12.6. The normalized spacial score (nSPS) is 10.6. The summed E-state index contributed by atoms with van der Waals surface area (Å²) in [6.45, 7) is 0.605. The number of aromatic nitrogens is 3. The number of hydrogen-bond acceptors (Lipinski definition) is 5. The highest BCUT2D eigenvalue weighted by atomic mass is 16.5. The number of ether oxygens (including phenoxy) is 1. The molecule has 2 N–H and O–H groups in total. The van der Waals surface area contributed by atoms with Crippen LogP contribution in [0, 0.1) is 0 Å².